The van der Waals surface area contributed by atoms with Gasteiger partial charge in [0.05, 0.1) is 6.04 Å². The van der Waals surface area contributed by atoms with E-state index in [4.69, 9.17) is 5.11 Å². The van der Waals surface area contributed by atoms with Crippen LogP contribution in [0.5, 0.6) is 0 Å². The Morgan fingerprint density at radius 3 is 2.65 bits per heavy atom. The van der Waals surface area contributed by atoms with Crippen molar-refractivity contribution in [1.29, 1.82) is 0 Å². The molecule has 1 amide bonds. The Morgan fingerprint density at radius 1 is 1.45 bits per heavy atom. The fraction of sp³-hybridized carbons (Fsp3) is 0.733. The maximum atomic E-state index is 12.1. The molecule has 0 radical (unpaired) electrons. The summed E-state index contributed by atoms with van der Waals surface area (Å²) < 4.78 is 1.95. The van der Waals surface area contributed by atoms with E-state index in [1.165, 1.54) is 0 Å². The molecule has 5 heteroatoms. The topological polar surface area (TPSA) is 67.2 Å². The summed E-state index contributed by atoms with van der Waals surface area (Å²) in [6.45, 7) is 8.97. The van der Waals surface area contributed by atoms with Gasteiger partial charge in [0.1, 0.15) is 5.69 Å². The van der Waals surface area contributed by atoms with Crippen LogP contribution in [0.1, 0.15) is 62.3 Å². The number of carbonyl (C=O) groups excluding carboxylic acids is 1. The molecule has 114 valence electrons. The van der Waals surface area contributed by atoms with Gasteiger partial charge in [-0.3, -0.25) is 9.48 Å². The predicted octanol–water partition coefficient (Wildman–Crippen LogP) is 2.30. The minimum Gasteiger partial charge on any atom is -0.396 e. The third-order valence-corrected chi connectivity index (χ3v) is 3.68. The van der Waals surface area contributed by atoms with Crippen molar-refractivity contribution in [2.24, 2.45) is 5.92 Å². The molecule has 1 aromatic rings. The van der Waals surface area contributed by atoms with E-state index in [1.54, 1.807) is 0 Å². The minimum absolute atomic E-state index is 0.136. The standard InChI is InChI=1S/C15H27N3O2/c1-5-13(6-2)18-12(4)9-14(17-18)15(20)16-10-11(3)7-8-19/h9,11,13,19H,5-8,10H2,1-4H3,(H,16,20). The molecule has 0 aromatic carbocycles. The molecule has 0 aliphatic carbocycles. The van der Waals surface area contributed by atoms with Gasteiger partial charge in [-0.15, -0.1) is 0 Å². The highest BCUT2D eigenvalue weighted by Gasteiger charge is 2.16. The maximum absolute atomic E-state index is 12.1. The number of hydrogen-bond donors (Lipinski definition) is 2. The molecule has 0 fully saturated rings. The van der Waals surface area contributed by atoms with E-state index in [2.05, 4.69) is 24.3 Å². The van der Waals surface area contributed by atoms with Gasteiger partial charge in [-0.05, 0) is 38.2 Å². The first kappa shape index (κ1) is 16.7. The number of hydrogen-bond acceptors (Lipinski definition) is 3. The maximum Gasteiger partial charge on any atom is 0.271 e. The van der Waals surface area contributed by atoms with Crippen molar-refractivity contribution in [3.8, 4) is 0 Å². The molecule has 0 spiro atoms. The number of aliphatic hydroxyl groups is 1. The summed E-state index contributed by atoms with van der Waals surface area (Å²) in [5.41, 5.74) is 1.50. The molecule has 1 rings (SSSR count). The lowest BCUT2D eigenvalue weighted by atomic mass is 10.1. The molecule has 1 heterocycles. The van der Waals surface area contributed by atoms with Crippen molar-refractivity contribution < 1.29 is 9.90 Å². The summed E-state index contributed by atoms with van der Waals surface area (Å²) in [5, 5.41) is 16.1. The van der Waals surface area contributed by atoms with Crippen LogP contribution in [0.4, 0.5) is 0 Å². The zero-order valence-electron chi connectivity index (χ0n) is 13.0. The summed E-state index contributed by atoms with van der Waals surface area (Å²) in [6, 6.07) is 2.19. The van der Waals surface area contributed by atoms with Gasteiger partial charge in [-0.1, -0.05) is 20.8 Å². The number of rotatable bonds is 8. The normalized spacial score (nSPS) is 12.7. The fourth-order valence-corrected chi connectivity index (χ4v) is 2.28. The van der Waals surface area contributed by atoms with Crippen LogP contribution in [0.25, 0.3) is 0 Å². The highest BCUT2D eigenvalue weighted by molar-refractivity contribution is 5.92. The molecule has 5 nitrogen and oxygen atoms in total. The van der Waals surface area contributed by atoms with Gasteiger partial charge in [-0.25, -0.2) is 0 Å². The second-order valence-corrected chi connectivity index (χ2v) is 5.41. The largest absolute Gasteiger partial charge is 0.396 e. The lowest BCUT2D eigenvalue weighted by Crippen LogP contribution is -2.29. The number of carbonyl (C=O) groups is 1. The van der Waals surface area contributed by atoms with Crippen LogP contribution in [-0.4, -0.2) is 33.9 Å². The van der Waals surface area contributed by atoms with E-state index in [0.29, 0.717) is 24.7 Å². The van der Waals surface area contributed by atoms with Crippen molar-refractivity contribution in [2.75, 3.05) is 13.2 Å². The molecule has 0 saturated heterocycles. The molecular formula is C15H27N3O2. The number of aliphatic hydroxyl groups excluding tert-OH is 1. The Hall–Kier alpha value is -1.36. The molecule has 2 N–H and O–H groups in total. The van der Waals surface area contributed by atoms with E-state index < -0.39 is 0 Å². The quantitative estimate of drug-likeness (QED) is 0.768. The average Bonchev–Trinajstić information content (AvgIpc) is 2.80. The Kier molecular flexibility index (Phi) is 6.71. The number of aromatic nitrogens is 2. The average molecular weight is 281 g/mol. The van der Waals surface area contributed by atoms with Gasteiger partial charge in [0, 0.05) is 18.8 Å². The van der Waals surface area contributed by atoms with Crippen molar-refractivity contribution >= 4 is 5.91 Å². The van der Waals surface area contributed by atoms with Crippen LogP contribution in [0.2, 0.25) is 0 Å². The van der Waals surface area contributed by atoms with Crippen LogP contribution < -0.4 is 5.32 Å². The van der Waals surface area contributed by atoms with Crippen molar-refractivity contribution in [3.63, 3.8) is 0 Å². The lowest BCUT2D eigenvalue weighted by Gasteiger charge is -2.14. The lowest BCUT2D eigenvalue weighted by molar-refractivity contribution is 0.0939. The van der Waals surface area contributed by atoms with Crippen LogP contribution in [0.3, 0.4) is 0 Å². The molecule has 20 heavy (non-hydrogen) atoms. The monoisotopic (exact) mass is 281 g/mol. The number of aryl methyl sites for hydroxylation is 1. The first-order chi connectivity index (χ1) is 9.53. The third-order valence-electron chi connectivity index (χ3n) is 3.68. The SMILES string of the molecule is CCC(CC)n1nc(C(=O)NCC(C)CCO)cc1C. The molecular weight excluding hydrogens is 254 g/mol. The van der Waals surface area contributed by atoms with Gasteiger partial charge in [0.15, 0.2) is 0 Å². The van der Waals surface area contributed by atoms with Gasteiger partial charge in [0.2, 0.25) is 0 Å². The molecule has 0 saturated carbocycles. The molecule has 1 atom stereocenters. The zero-order chi connectivity index (χ0) is 15.1. The summed E-state index contributed by atoms with van der Waals surface area (Å²) in [7, 11) is 0. The van der Waals surface area contributed by atoms with E-state index in [0.717, 1.165) is 18.5 Å². The second-order valence-electron chi connectivity index (χ2n) is 5.41. The van der Waals surface area contributed by atoms with Crippen LogP contribution in [0, 0.1) is 12.8 Å². The van der Waals surface area contributed by atoms with Crippen molar-refractivity contribution in [2.45, 2.75) is 53.0 Å². The summed E-state index contributed by atoms with van der Waals surface area (Å²) in [5.74, 6) is 0.133. The predicted molar refractivity (Wildman–Crippen MR) is 79.8 cm³/mol. The van der Waals surface area contributed by atoms with Crippen LogP contribution >= 0.6 is 0 Å². The Labute approximate surface area is 121 Å². The van der Waals surface area contributed by atoms with E-state index in [1.807, 2.05) is 24.6 Å². The molecule has 0 bridgehead atoms. The van der Waals surface area contributed by atoms with Gasteiger partial charge in [0.25, 0.3) is 5.91 Å². The van der Waals surface area contributed by atoms with Crippen molar-refractivity contribution in [1.82, 2.24) is 15.1 Å². The summed E-state index contributed by atoms with van der Waals surface area (Å²) >= 11 is 0. The zero-order valence-corrected chi connectivity index (χ0v) is 13.0. The van der Waals surface area contributed by atoms with Crippen LogP contribution in [0.15, 0.2) is 6.07 Å². The Balaban J connectivity index is 2.68. The first-order valence-corrected chi connectivity index (χ1v) is 7.48. The molecule has 1 aromatic heterocycles. The first-order valence-electron chi connectivity index (χ1n) is 7.48. The van der Waals surface area contributed by atoms with Gasteiger partial charge >= 0.3 is 0 Å². The Bertz CT molecular complexity index is 425. The fourth-order valence-electron chi connectivity index (χ4n) is 2.28. The smallest absolute Gasteiger partial charge is 0.271 e. The summed E-state index contributed by atoms with van der Waals surface area (Å²) in [4.78, 5) is 12.1. The number of amides is 1. The highest BCUT2D eigenvalue weighted by Crippen LogP contribution is 2.17. The van der Waals surface area contributed by atoms with Gasteiger partial charge in [-0.2, -0.15) is 5.10 Å². The van der Waals surface area contributed by atoms with Crippen LogP contribution in [-0.2, 0) is 0 Å². The second kappa shape index (κ2) is 8.04. The third kappa shape index (κ3) is 4.34. The molecule has 0 aliphatic heterocycles. The molecule has 1 unspecified atom stereocenters. The minimum atomic E-state index is -0.136. The summed E-state index contributed by atoms with van der Waals surface area (Å²) in [6.07, 6.45) is 2.71. The number of nitrogens with one attached hydrogen (secondary N) is 1. The van der Waals surface area contributed by atoms with E-state index in [-0.39, 0.29) is 18.4 Å². The highest BCUT2D eigenvalue weighted by atomic mass is 16.3. The van der Waals surface area contributed by atoms with Crippen molar-refractivity contribution in [3.05, 3.63) is 17.5 Å². The van der Waals surface area contributed by atoms with E-state index >= 15 is 0 Å². The van der Waals surface area contributed by atoms with E-state index in [9.17, 15) is 4.79 Å². The molecule has 0 aliphatic rings. The number of nitrogens with zero attached hydrogens (tertiary/aromatic N) is 2. The van der Waals surface area contributed by atoms with Gasteiger partial charge < -0.3 is 10.4 Å². The Morgan fingerprint density at radius 2 is 2.10 bits per heavy atom.